The molecule has 0 aliphatic heterocycles. The highest BCUT2D eigenvalue weighted by atomic mass is 79.9. The first kappa shape index (κ1) is 13.8. The number of aromatic amines is 1. The maximum Gasteiger partial charge on any atom is 0.123 e. The molecule has 0 aliphatic rings. The maximum absolute atomic E-state index is 13.3. The predicted molar refractivity (Wildman–Crippen MR) is 85.5 cm³/mol. The normalized spacial score (nSPS) is 10.6. The zero-order chi connectivity index (χ0) is 14.7. The summed E-state index contributed by atoms with van der Waals surface area (Å²) in [5.41, 5.74) is 3.86. The number of hydrogen-bond acceptors (Lipinski definition) is 2. The smallest absolute Gasteiger partial charge is 0.123 e. The van der Waals surface area contributed by atoms with Crippen molar-refractivity contribution in [2.45, 2.75) is 6.54 Å². The van der Waals surface area contributed by atoms with Crippen LogP contribution < -0.4 is 5.32 Å². The van der Waals surface area contributed by atoms with Gasteiger partial charge in [0, 0.05) is 28.5 Å². The number of benzene rings is 2. The summed E-state index contributed by atoms with van der Waals surface area (Å²) < 4.78 is 14.2. The van der Waals surface area contributed by atoms with E-state index >= 15 is 0 Å². The molecule has 0 fully saturated rings. The van der Waals surface area contributed by atoms with Crippen molar-refractivity contribution in [3.63, 3.8) is 0 Å². The molecule has 0 saturated heterocycles. The van der Waals surface area contributed by atoms with Gasteiger partial charge in [-0.2, -0.15) is 5.10 Å². The fraction of sp³-hybridized carbons (Fsp3) is 0.0625. The Morgan fingerprint density at radius 1 is 1.14 bits per heavy atom. The molecular weight excluding hydrogens is 333 g/mol. The molecule has 2 aromatic carbocycles. The quantitative estimate of drug-likeness (QED) is 0.725. The van der Waals surface area contributed by atoms with E-state index in [-0.39, 0.29) is 5.82 Å². The van der Waals surface area contributed by atoms with Crippen LogP contribution in [0.25, 0.3) is 11.3 Å². The zero-order valence-electron chi connectivity index (χ0n) is 11.1. The van der Waals surface area contributed by atoms with Crippen LogP contribution in [0.1, 0.15) is 5.56 Å². The minimum Gasteiger partial charge on any atom is -0.381 e. The van der Waals surface area contributed by atoms with Crippen LogP contribution >= 0.6 is 15.9 Å². The third-order valence-electron chi connectivity index (χ3n) is 3.17. The minimum atomic E-state index is -0.235. The molecule has 0 atom stereocenters. The Morgan fingerprint density at radius 3 is 2.86 bits per heavy atom. The zero-order valence-corrected chi connectivity index (χ0v) is 12.7. The summed E-state index contributed by atoms with van der Waals surface area (Å²) in [4.78, 5) is 0. The molecule has 0 saturated carbocycles. The molecule has 3 rings (SSSR count). The summed E-state index contributed by atoms with van der Waals surface area (Å²) in [7, 11) is 0. The first-order valence-corrected chi connectivity index (χ1v) is 7.29. The number of nitrogens with one attached hydrogen (secondary N) is 2. The van der Waals surface area contributed by atoms with Gasteiger partial charge < -0.3 is 5.32 Å². The fourth-order valence-corrected chi connectivity index (χ4v) is 2.48. The van der Waals surface area contributed by atoms with Crippen molar-refractivity contribution in [3.8, 4) is 11.3 Å². The van der Waals surface area contributed by atoms with Crippen LogP contribution in [0.2, 0.25) is 0 Å². The lowest BCUT2D eigenvalue weighted by molar-refractivity contribution is 0.625. The van der Waals surface area contributed by atoms with Gasteiger partial charge in [-0.05, 0) is 42.0 Å². The van der Waals surface area contributed by atoms with Crippen molar-refractivity contribution in [2.75, 3.05) is 5.32 Å². The summed E-state index contributed by atoms with van der Waals surface area (Å²) in [5, 5.41) is 10.2. The van der Waals surface area contributed by atoms with E-state index in [2.05, 4.69) is 31.4 Å². The number of anilines is 1. The number of H-pyrrole nitrogens is 1. The van der Waals surface area contributed by atoms with Crippen LogP contribution in [0.5, 0.6) is 0 Å². The monoisotopic (exact) mass is 345 g/mol. The van der Waals surface area contributed by atoms with Crippen molar-refractivity contribution in [1.82, 2.24) is 10.2 Å². The summed E-state index contributed by atoms with van der Waals surface area (Å²) in [6.07, 6.45) is 1.72. The van der Waals surface area contributed by atoms with Gasteiger partial charge >= 0.3 is 0 Å². The Morgan fingerprint density at radius 2 is 2.05 bits per heavy atom. The summed E-state index contributed by atoms with van der Waals surface area (Å²) in [6, 6.07) is 14.6. The van der Waals surface area contributed by atoms with E-state index in [4.69, 9.17) is 0 Å². The SMILES string of the molecule is Fc1ccc(Br)c(CNc2cccc(-c3ccn[nH]3)c2)c1. The molecule has 0 bridgehead atoms. The largest absolute Gasteiger partial charge is 0.381 e. The molecule has 21 heavy (non-hydrogen) atoms. The highest BCUT2D eigenvalue weighted by Gasteiger charge is 2.03. The third-order valence-corrected chi connectivity index (χ3v) is 3.94. The maximum atomic E-state index is 13.3. The van der Waals surface area contributed by atoms with E-state index in [0.29, 0.717) is 6.54 Å². The predicted octanol–water partition coefficient (Wildman–Crippen LogP) is 4.59. The first-order valence-electron chi connectivity index (χ1n) is 6.50. The molecule has 3 aromatic rings. The van der Waals surface area contributed by atoms with E-state index in [1.165, 1.54) is 12.1 Å². The van der Waals surface area contributed by atoms with Gasteiger partial charge in [-0.25, -0.2) is 4.39 Å². The van der Waals surface area contributed by atoms with E-state index in [9.17, 15) is 4.39 Å². The Kier molecular flexibility index (Phi) is 4.01. The summed E-state index contributed by atoms with van der Waals surface area (Å²) >= 11 is 3.43. The number of nitrogens with zero attached hydrogens (tertiary/aromatic N) is 1. The second kappa shape index (κ2) is 6.10. The molecule has 1 aromatic heterocycles. The van der Waals surface area contributed by atoms with Gasteiger partial charge in [0.15, 0.2) is 0 Å². The second-order valence-corrected chi connectivity index (χ2v) is 5.49. The number of rotatable bonds is 4. The molecule has 0 radical (unpaired) electrons. The van der Waals surface area contributed by atoms with Gasteiger partial charge in [-0.1, -0.05) is 28.1 Å². The van der Waals surface area contributed by atoms with Crippen molar-refractivity contribution in [2.24, 2.45) is 0 Å². The van der Waals surface area contributed by atoms with E-state index < -0.39 is 0 Å². The van der Waals surface area contributed by atoms with Gasteiger partial charge in [0.05, 0.1) is 5.69 Å². The van der Waals surface area contributed by atoms with Crippen LogP contribution in [0.15, 0.2) is 59.2 Å². The minimum absolute atomic E-state index is 0.235. The summed E-state index contributed by atoms with van der Waals surface area (Å²) in [6.45, 7) is 0.546. The highest BCUT2D eigenvalue weighted by Crippen LogP contribution is 2.22. The van der Waals surface area contributed by atoms with Crippen molar-refractivity contribution >= 4 is 21.6 Å². The van der Waals surface area contributed by atoms with Gasteiger partial charge in [0.2, 0.25) is 0 Å². The Labute approximate surface area is 130 Å². The van der Waals surface area contributed by atoms with Crippen LogP contribution in [0.3, 0.4) is 0 Å². The van der Waals surface area contributed by atoms with Gasteiger partial charge in [0.25, 0.3) is 0 Å². The molecule has 0 unspecified atom stereocenters. The number of hydrogen-bond donors (Lipinski definition) is 2. The second-order valence-electron chi connectivity index (χ2n) is 4.64. The van der Waals surface area contributed by atoms with Gasteiger partial charge in [-0.3, -0.25) is 5.10 Å². The lowest BCUT2D eigenvalue weighted by Gasteiger charge is -2.09. The van der Waals surface area contributed by atoms with Gasteiger partial charge in [-0.15, -0.1) is 0 Å². The molecule has 0 spiro atoms. The van der Waals surface area contributed by atoms with E-state index in [1.54, 1.807) is 12.3 Å². The van der Waals surface area contributed by atoms with Crippen molar-refractivity contribution in [1.29, 1.82) is 0 Å². The Bertz CT molecular complexity index is 741. The molecule has 2 N–H and O–H groups in total. The topological polar surface area (TPSA) is 40.7 Å². The molecular formula is C16H13BrFN3. The van der Waals surface area contributed by atoms with Crippen LogP contribution in [-0.2, 0) is 6.54 Å². The third kappa shape index (κ3) is 3.31. The first-order chi connectivity index (χ1) is 10.2. The average molecular weight is 346 g/mol. The Balaban J connectivity index is 1.76. The van der Waals surface area contributed by atoms with Gasteiger partial charge in [0.1, 0.15) is 5.82 Å². The molecule has 1 heterocycles. The molecule has 106 valence electrons. The van der Waals surface area contributed by atoms with E-state index in [1.807, 2.05) is 30.3 Å². The standard InChI is InChI=1S/C16H13BrFN3/c17-15-5-4-13(18)8-12(15)10-19-14-3-1-2-11(9-14)16-6-7-20-21-16/h1-9,19H,10H2,(H,20,21). The molecule has 3 nitrogen and oxygen atoms in total. The van der Waals surface area contributed by atoms with Crippen molar-refractivity contribution < 1.29 is 4.39 Å². The van der Waals surface area contributed by atoms with E-state index in [0.717, 1.165) is 27.0 Å². The Hall–Kier alpha value is -2.14. The fourth-order valence-electron chi connectivity index (χ4n) is 2.09. The van der Waals surface area contributed by atoms with Crippen LogP contribution in [0, 0.1) is 5.82 Å². The average Bonchev–Trinajstić information content (AvgIpc) is 3.03. The number of aromatic nitrogens is 2. The highest BCUT2D eigenvalue weighted by molar-refractivity contribution is 9.10. The molecule has 0 amide bonds. The van der Waals surface area contributed by atoms with Crippen LogP contribution in [0.4, 0.5) is 10.1 Å². The lowest BCUT2D eigenvalue weighted by Crippen LogP contribution is -2.00. The molecule has 0 aliphatic carbocycles. The lowest BCUT2D eigenvalue weighted by atomic mass is 10.1. The molecule has 5 heteroatoms. The number of halogens is 2. The van der Waals surface area contributed by atoms with Crippen LogP contribution in [-0.4, -0.2) is 10.2 Å². The summed E-state index contributed by atoms with van der Waals surface area (Å²) in [5.74, 6) is -0.235. The van der Waals surface area contributed by atoms with Crippen molar-refractivity contribution in [3.05, 3.63) is 70.6 Å².